The first kappa shape index (κ1) is 26.3. The number of hydrogen-bond donors (Lipinski definition) is 2. The molecule has 0 spiro atoms. The fraction of sp³-hybridized carbons (Fsp3) is 0.520. The van der Waals surface area contributed by atoms with Gasteiger partial charge in [-0.2, -0.15) is 0 Å². The van der Waals surface area contributed by atoms with Crippen LogP contribution in [0, 0.1) is 5.41 Å². The van der Waals surface area contributed by atoms with E-state index < -0.39 is 0 Å². The maximum Gasteiger partial charge on any atom is 0.327 e. The zero-order valence-corrected chi connectivity index (χ0v) is 21.9. The van der Waals surface area contributed by atoms with Crippen molar-refractivity contribution in [2.45, 2.75) is 31.3 Å². The normalized spacial score (nSPS) is 17.6. The van der Waals surface area contributed by atoms with Crippen molar-refractivity contribution in [3.63, 3.8) is 0 Å². The number of methoxy groups -OCH3 is 1. The second kappa shape index (κ2) is 12.4. The molecule has 4 heterocycles. The number of aromatic nitrogens is 2. The molecule has 10 nitrogen and oxygen atoms in total. The fourth-order valence-electron chi connectivity index (χ4n) is 4.60. The number of carbonyl (C=O) groups is 2. The van der Waals surface area contributed by atoms with Gasteiger partial charge in [0.2, 0.25) is 0 Å². The Kier molecular flexibility index (Phi) is 9.07. The molecular weight excluding hydrogens is 479 g/mol. The third-order valence-corrected chi connectivity index (χ3v) is 6.99. The van der Waals surface area contributed by atoms with Gasteiger partial charge in [-0.3, -0.25) is 14.8 Å². The largest absolute Gasteiger partial charge is 0.382 e. The first-order valence-corrected chi connectivity index (χ1v) is 13.1. The molecule has 0 aliphatic carbocycles. The van der Waals surface area contributed by atoms with Gasteiger partial charge >= 0.3 is 6.03 Å². The van der Waals surface area contributed by atoms with E-state index in [0.717, 1.165) is 62.4 Å². The van der Waals surface area contributed by atoms with Crippen molar-refractivity contribution in [3.8, 4) is 0 Å². The smallest absolute Gasteiger partial charge is 0.327 e. The van der Waals surface area contributed by atoms with Gasteiger partial charge in [-0.05, 0) is 49.0 Å². The molecule has 11 heteroatoms. The Balaban J connectivity index is 1.44. The van der Waals surface area contributed by atoms with Gasteiger partial charge in [0.15, 0.2) is 0 Å². The van der Waals surface area contributed by atoms with Crippen LogP contribution in [0.3, 0.4) is 0 Å². The molecule has 2 aliphatic rings. The minimum atomic E-state index is -0.382. The Labute approximate surface area is 213 Å². The molecule has 2 aromatic heterocycles. The molecule has 0 radical (unpaired) electrons. The van der Waals surface area contributed by atoms with Crippen LogP contribution in [0.4, 0.5) is 16.3 Å². The number of amides is 2. The van der Waals surface area contributed by atoms with Crippen LogP contribution in [0.1, 0.15) is 35.2 Å². The minimum absolute atomic E-state index is 0.0406. The lowest BCUT2D eigenvalue weighted by Crippen LogP contribution is -2.40. The standard InChI is InChI=1S/C25H35N6O4P/c1-34-12-13-35-11-7-27-25(33)31-10-6-20(15-22(31)26)30-9-2-4-18-14-19(16-28-23(18)30)24(32)29-8-3-5-21(36)17-29/h6,10,14-16,21,26H,2-5,7-9,11-13,17,36H2,1H3,(H,27,33)/t21-/m1/s1. The third-order valence-electron chi connectivity index (χ3n) is 6.44. The average Bonchev–Trinajstić information content (AvgIpc) is 2.89. The summed E-state index contributed by atoms with van der Waals surface area (Å²) in [6.45, 7) is 3.99. The minimum Gasteiger partial charge on any atom is -0.382 e. The molecule has 2 aromatic rings. The number of pyridine rings is 2. The van der Waals surface area contributed by atoms with Gasteiger partial charge in [-0.25, -0.2) is 9.78 Å². The summed E-state index contributed by atoms with van der Waals surface area (Å²) in [5.41, 5.74) is 2.97. The van der Waals surface area contributed by atoms with E-state index in [2.05, 4.69) is 24.4 Å². The second-order valence-corrected chi connectivity index (χ2v) is 10.0. The molecule has 1 saturated heterocycles. The second-order valence-electron chi connectivity index (χ2n) is 9.09. The van der Waals surface area contributed by atoms with Gasteiger partial charge in [0.05, 0.1) is 25.4 Å². The number of rotatable bonds is 8. The maximum atomic E-state index is 13.1. The Hall–Kier alpha value is -2.81. The van der Waals surface area contributed by atoms with Gasteiger partial charge in [-0.15, -0.1) is 9.24 Å². The highest BCUT2D eigenvalue weighted by molar-refractivity contribution is 7.17. The van der Waals surface area contributed by atoms with E-state index in [1.165, 1.54) is 4.57 Å². The van der Waals surface area contributed by atoms with E-state index in [1.54, 1.807) is 25.6 Å². The summed E-state index contributed by atoms with van der Waals surface area (Å²) >= 11 is 0. The van der Waals surface area contributed by atoms with Crippen molar-refractivity contribution in [2.24, 2.45) is 0 Å². The van der Waals surface area contributed by atoms with Crippen molar-refractivity contribution in [1.82, 2.24) is 19.8 Å². The molecule has 36 heavy (non-hydrogen) atoms. The molecule has 2 amide bonds. The summed E-state index contributed by atoms with van der Waals surface area (Å²) in [4.78, 5) is 34.2. The summed E-state index contributed by atoms with van der Waals surface area (Å²) < 4.78 is 11.5. The lowest BCUT2D eigenvalue weighted by atomic mass is 10.0. The monoisotopic (exact) mass is 514 g/mol. The Morgan fingerprint density at radius 3 is 2.86 bits per heavy atom. The maximum absolute atomic E-state index is 13.1. The van der Waals surface area contributed by atoms with E-state index in [0.29, 0.717) is 37.6 Å². The zero-order valence-electron chi connectivity index (χ0n) is 20.7. The van der Waals surface area contributed by atoms with Gasteiger partial charge in [0, 0.05) is 57.4 Å². The predicted molar refractivity (Wildman–Crippen MR) is 140 cm³/mol. The lowest BCUT2D eigenvalue weighted by molar-refractivity contribution is 0.0726. The number of aryl methyl sites for hydroxylation is 1. The summed E-state index contributed by atoms with van der Waals surface area (Å²) in [6, 6.07) is 5.07. The average molecular weight is 515 g/mol. The van der Waals surface area contributed by atoms with E-state index in [1.807, 2.05) is 17.0 Å². The highest BCUT2D eigenvalue weighted by atomic mass is 31.0. The number of nitrogens with one attached hydrogen (secondary N) is 2. The number of ether oxygens (including phenoxy) is 2. The molecule has 2 N–H and O–H groups in total. The van der Waals surface area contributed by atoms with Crippen molar-refractivity contribution < 1.29 is 19.1 Å². The Bertz CT molecular complexity index is 1140. The lowest BCUT2D eigenvalue weighted by Gasteiger charge is -2.32. The third kappa shape index (κ3) is 6.30. The molecule has 2 atom stereocenters. The zero-order chi connectivity index (χ0) is 25.5. The first-order chi connectivity index (χ1) is 17.5. The molecule has 0 saturated carbocycles. The van der Waals surface area contributed by atoms with E-state index in [9.17, 15) is 9.59 Å². The Morgan fingerprint density at radius 1 is 1.22 bits per heavy atom. The van der Waals surface area contributed by atoms with Gasteiger partial charge in [-0.1, -0.05) is 0 Å². The van der Waals surface area contributed by atoms with Crippen LogP contribution in [0.25, 0.3) is 0 Å². The van der Waals surface area contributed by atoms with E-state index in [-0.39, 0.29) is 17.4 Å². The number of carbonyl (C=O) groups excluding carboxylic acids is 2. The number of hydrogen-bond acceptors (Lipinski definition) is 7. The van der Waals surface area contributed by atoms with Crippen molar-refractivity contribution >= 4 is 32.7 Å². The van der Waals surface area contributed by atoms with Crippen molar-refractivity contribution in [2.75, 3.05) is 58.0 Å². The number of anilines is 2. The molecular formula is C25H35N6O4P. The van der Waals surface area contributed by atoms with Crippen molar-refractivity contribution in [1.29, 1.82) is 5.41 Å². The molecule has 1 fully saturated rings. The summed E-state index contributed by atoms with van der Waals surface area (Å²) in [7, 11) is 4.44. The topological polar surface area (TPSA) is 113 Å². The van der Waals surface area contributed by atoms with Crippen LogP contribution in [-0.4, -0.2) is 85.2 Å². The molecule has 2 aliphatic heterocycles. The van der Waals surface area contributed by atoms with Gasteiger partial charge in [0.1, 0.15) is 11.3 Å². The number of fused-ring (bicyclic) bond motifs is 1. The van der Waals surface area contributed by atoms with Crippen LogP contribution < -0.4 is 15.7 Å². The van der Waals surface area contributed by atoms with Crippen LogP contribution in [0.2, 0.25) is 0 Å². The molecule has 194 valence electrons. The highest BCUT2D eigenvalue weighted by Gasteiger charge is 2.26. The molecule has 0 bridgehead atoms. The fourth-order valence-corrected chi connectivity index (χ4v) is 5.09. The summed E-state index contributed by atoms with van der Waals surface area (Å²) in [5.74, 6) is 0.842. The quantitative estimate of drug-likeness (QED) is 0.412. The van der Waals surface area contributed by atoms with Gasteiger partial charge in [0.25, 0.3) is 5.91 Å². The van der Waals surface area contributed by atoms with Crippen LogP contribution >= 0.6 is 9.24 Å². The van der Waals surface area contributed by atoms with Crippen LogP contribution in [-0.2, 0) is 15.9 Å². The summed E-state index contributed by atoms with van der Waals surface area (Å²) in [6.07, 6.45) is 7.18. The number of piperidine rings is 1. The molecule has 0 aromatic carbocycles. The molecule has 4 rings (SSSR count). The Morgan fingerprint density at radius 2 is 2.08 bits per heavy atom. The van der Waals surface area contributed by atoms with E-state index >= 15 is 0 Å². The highest BCUT2D eigenvalue weighted by Crippen LogP contribution is 2.32. The van der Waals surface area contributed by atoms with E-state index in [4.69, 9.17) is 14.9 Å². The molecule has 1 unspecified atom stereocenters. The van der Waals surface area contributed by atoms with Crippen LogP contribution in [0.15, 0.2) is 30.6 Å². The predicted octanol–water partition coefficient (Wildman–Crippen LogP) is 2.15. The first-order valence-electron chi connectivity index (χ1n) is 12.4. The van der Waals surface area contributed by atoms with Crippen molar-refractivity contribution in [3.05, 3.63) is 47.2 Å². The number of likely N-dealkylation sites (tertiary alicyclic amines) is 1. The van der Waals surface area contributed by atoms with Crippen LogP contribution in [0.5, 0.6) is 0 Å². The SMILES string of the molecule is COCCOCCNC(=O)n1ccc(N2CCCc3cc(C(=O)N4CCC[C@@H](P)C4)cnc32)cc1=N. The summed E-state index contributed by atoms with van der Waals surface area (Å²) in [5, 5.41) is 11.1. The van der Waals surface area contributed by atoms with Gasteiger partial charge < -0.3 is 24.6 Å². The number of nitrogens with zero attached hydrogens (tertiary/aromatic N) is 4.